The molecule has 1 aromatic rings. The number of rotatable bonds is 9. The summed E-state index contributed by atoms with van der Waals surface area (Å²) in [4.78, 5) is -0.326. The molecule has 0 atom stereocenters. The van der Waals surface area contributed by atoms with E-state index in [-0.39, 0.29) is 17.5 Å². The van der Waals surface area contributed by atoms with Crippen molar-refractivity contribution >= 4 is 10.0 Å². The largest absolute Gasteiger partial charge is 0.385 e. The Balaban J connectivity index is 2.74. The monoisotopic (exact) mass is 318 g/mol. The first-order chi connectivity index (χ1) is 9.86. The topological polar surface area (TPSA) is 67.4 Å². The summed E-state index contributed by atoms with van der Waals surface area (Å²) in [5.41, 5.74) is 0.708. The van der Waals surface area contributed by atoms with Crippen molar-refractivity contribution in [2.45, 2.75) is 37.8 Å². The van der Waals surface area contributed by atoms with E-state index in [4.69, 9.17) is 4.74 Å². The predicted octanol–water partition coefficient (Wildman–Crippen LogP) is 1.64. The van der Waals surface area contributed by atoms with E-state index in [1.54, 1.807) is 6.07 Å². The minimum atomic E-state index is -3.82. The minimum absolute atomic E-state index is 0.215. The molecule has 0 unspecified atom stereocenters. The van der Waals surface area contributed by atoms with E-state index in [0.717, 1.165) is 0 Å². The molecule has 0 bridgehead atoms. The summed E-state index contributed by atoms with van der Waals surface area (Å²) < 4.78 is 45.1. The zero-order valence-electron chi connectivity index (χ0n) is 12.6. The van der Waals surface area contributed by atoms with Crippen LogP contribution in [0.1, 0.15) is 25.8 Å². The molecule has 0 radical (unpaired) electrons. The summed E-state index contributed by atoms with van der Waals surface area (Å²) in [7, 11) is -2.28. The lowest BCUT2D eigenvalue weighted by Crippen LogP contribution is -2.26. The maximum atomic E-state index is 14.0. The Morgan fingerprint density at radius 3 is 2.62 bits per heavy atom. The van der Waals surface area contributed by atoms with E-state index in [0.29, 0.717) is 25.1 Å². The number of hydrogen-bond acceptors (Lipinski definition) is 4. The summed E-state index contributed by atoms with van der Waals surface area (Å²) in [5.74, 6) is -0.739. The van der Waals surface area contributed by atoms with Crippen LogP contribution in [-0.4, -0.2) is 34.7 Å². The number of hydrogen-bond donors (Lipinski definition) is 2. The molecule has 0 aromatic heterocycles. The van der Waals surface area contributed by atoms with Gasteiger partial charge in [0, 0.05) is 32.8 Å². The highest BCUT2D eigenvalue weighted by molar-refractivity contribution is 7.89. The molecule has 0 aliphatic heterocycles. The normalized spacial score (nSPS) is 12.0. The smallest absolute Gasteiger partial charge is 0.243 e. The highest BCUT2D eigenvalue weighted by atomic mass is 32.2. The van der Waals surface area contributed by atoms with Crippen LogP contribution in [0, 0.1) is 5.82 Å². The van der Waals surface area contributed by atoms with Crippen LogP contribution in [0.5, 0.6) is 0 Å². The lowest BCUT2D eigenvalue weighted by atomic mass is 10.2. The number of methoxy groups -OCH3 is 1. The minimum Gasteiger partial charge on any atom is -0.385 e. The van der Waals surface area contributed by atoms with Gasteiger partial charge in [-0.15, -0.1) is 0 Å². The maximum Gasteiger partial charge on any atom is 0.243 e. The summed E-state index contributed by atoms with van der Waals surface area (Å²) in [6.45, 7) is 5.13. The molecule has 0 aliphatic carbocycles. The highest BCUT2D eigenvalue weighted by Gasteiger charge is 2.18. The van der Waals surface area contributed by atoms with Crippen molar-refractivity contribution in [3.05, 3.63) is 29.6 Å². The number of benzene rings is 1. The van der Waals surface area contributed by atoms with Gasteiger partial charge < -0.3 is 10.1 Å². The molecule has 0 fully saturated rings. The molecule has 2 N–H and O–H groups in total. The lowest BCUT2D eigenvalue weighted by Gasteiger charge is -2.11. The molecule has 0 heterocycles. The van der Waals surface area contributed by atoms with Gasteiger partial charge in [-0.05, 0) is 24.1 Å². The third-order valence-electron chi connectivity index (χ3n) is 2.82. The van der Waals surface area contributed by atoms with Crippen molar-refractivity contribution in [3.63, 3.8) is 0 Å². The standard InChI is InChI=1S/C14H23FN2O3S/c1-11(2)16-10-12-5-6-14(13(15)9-12)21(18,19)17-7-4-8-20-3/h5-6,9,11,16-17H,4,7-8,10H2,1-3H3. The summed E-state index contributed by atoms with van der Waals surface area (Å²) in [6, 6.07) is 4.44. The Hall–Kier alpha value is -1.02. The van der Waals surface area contributed by atoms with Crippen molar-refractivity contribution < 1.29 is 17.5 Å². The predicted molar refractivity (Wildman–Crippen MR) is 80.1 cm³/mol. The number of nitrogens with one attached hydrogen (secondary N) is 2. The third-order valence-corrected chi connectivity index (χ3v) is 4.31. The van der Waals surface area contributed by atoms with Crippen LogP contribution in [0.3, 0.4) is 0 Å². The van der Waals surface area contributed by atoms with E-state index in [2.05, 4.69) is 10.0 Å². The molecule has 120 valence electrons. The van der Waals surface area contributed by atoms with Crippen LogP contribution in [-0.2, 0) is 21.3 Å². The fourth-order valence-corrected chi connectivity index (χ4v) is 2.83. The van der Waals surface area contributed by atoms with Crippen LogP contribution >= 0.6 is 0 Å². The first kappa shape index (κ1) is 18.0. The summed E-state index contributed by atoms with van der Waals surface area (Å²) >= 11 is 0. The van der Waals surface area contributed by atoms with Gasteiger partial charge in [-0.2, -0.15) is 0 Å². The molecule has 1 aromatic carbocycles. The first-order valence-electron chi connectivity index (χ1n) is 6.87. The van der Waals surface area contributed by atoms with Crippen molar-refractivity contribution in [3.8, 4) is 0 Å². The quantitative estimate of drug-likeness (QED) is 0.679. The van der Waals surface area contributed by atoms with Gasteiger partial charge in [0.25, 0.3) is 0 Å². The SMILES string of the molecule is COCCCNS(=O)(=O)c1ccc(CNC(C)C)cc1F. The van der Waals surface area contributed by atoms with Gasteiger partial charge in [-0.25, -0.2) is 17.5 Å². The molecule has 0 aliphatic rings. The van der Waals surface area contributed by atoms with Crippen molar-refractivity contribution in [1.82, 2.24) is 10.0 Å². The lowest BCUT2D eigenvalue weighted by molar-refractivity contribution is 0.196. The number of ether oxygens (including phenoxy) is 1. The Bertz CT molecular complexity index is 547. The van der Waals surface area contributed by atoms with Crippen LogP contribution < -0.4 is 10.0 Å². The molecule has 0 spiro atoms. The Morgan fingerprint density at radius 1 is 1.33 bits per heavy atom. The number of halogens is 1. The summed E-state index contributed by atoms with van der Waals surface area (Å²) in [6.07, 6.45) is 0.535. The maximum absolute atomic E-state index is 14.0. The first-order valence-corrected chi connectivity index (χ1v) is 8.35. The van der Waals surface area contributed by atoms with Gasteiger partial charge in [-0.1, -0.05) is 19.9 Å². The number of sulfonamides is 1. The van der Waals surface area contributed by atoms with Crippen molar-refractivity contribution in [2.75, 3.05) is 20.3 Å². The molecule has 7 heteroatoms. The van der Waals surface area contributed by atoms with E-state index in [1.807, 2.05) is 13.8 Å². The Labute approximate surface area is 125 Å². The van der Waals surface area contributed by atoms with Gasteiger partial charge >= 0.3 is 0 Å². The fraction of sp³-hybridized carbons (Fsp3) is 0.571. The third kappa shape index (κ3) is 6.09. The average molecular weight is 318 g/mol. The van der Waals surface area contributed by atoms with E-state index in [1.165, 1.54) is 19.2 Å². The second-order valence-electron chi connectivity index (χ2n) is 5.04. The summed E-state index contributed by atoms with van der Waals surface area (Å²) in [5, 5.41) is 3.15. The molecule has 0 amide bonds. The fourth-order valence-electron chi connectivity index (χ4n) is 1.70. The van der Waals surface area contributed by atoms with E-state index in [9.17, 15) is 12.8 Å². The van der Waals surface area contributed by atoms with Gasteiger partial charge in [0.05, 0.1) is 0 Å². The average Bonchev–Trinajstić information content (AvgIpc) is 2.41. The molecule has 0 saturated heterocycles. The van der Waals surface area contributed by atoms with Gasteiger partial charge in [0.1, 0.15) is 10.7 Å². The molecular weight excluding hydrogens is 295 g/mol. The van der Waals surface area contributed by atoms with Gasteiger partial charge in [-0.3, -0.25) is 0 Å². The zero-order chi connectivity index (χ0) is 15.9. The molecule has 5 nitrogen and oxygen atoms in total. The zero-order valence-corrected chi connectivity index (χ0v) is 13.5. The molecule has 1 rings (SSSR count). The van der Waals surface area contributed by atoms with Crippen LogP contribution in [0.2, 0.25) is 0 Å². The highest BCUT2D eigenvalue weighted by Crippen LogP contribution is 2.16. The van der Waals surface area contributed by atoms with Gasteiger partial charge in [0.15, 0.2) is 0 Å². The molecule has 21 heavy (non-hydrogen) atoms. The second kappa shape index (κ2) is 8.43. The van der Waals surface area contributed by atoms with Crippen molar-refractivity contribution in [2.24, 2.45) is 0 Å². The Kier molecular flexibility index (Phi) is 7.24. The van der Waals surface area contributed by atoms with Crippen LogP contribution in [0.4, 0.5) is 4.39 Å². The van der Waals surface area contributed by atoms with Crippen LogP contribution in [0.15, 0.2) is 23.1 Å². The van der Waals surface area contributed by atoms with E-state index < -0.39 is 15.8 Å². The molecular formula is C14H23FN2O3S. The van der Waals surface area contributed by atoms with Gasteiger partial charge in [0.2, 0.25) is 10.0 Å². The van der Waals surface area contributed by atoms with Crippen molar-refractivity contribution in [1.29, 1.82) is 0 Å². The van der Waals surface area contributed by atoms with E-state index >= 15 is 0 Å². The molecule has 0 saturated carbocycles. The second-order valence-corrected chi connectivity index (χ2v) is 6.78. The van der Waals surface area contributed by atoms with Crippen LogP contribution in [0.25, 0.3) is 0 Å². The Morgan fingerprint density at radius 2 is 2.05 bits per heavy atom.